The summed E-state index contributed by atoms with van der Waals surface area (Å²) in [6, 6.07) is 28.8. The van der Waals surface area contributed by atoms with E-state index in [1.54, 1.807) is 24.3 Å². The molecule has 7 nitrogen and oxygen atoms in total. The molecule has 0 aliphatic rings. The molecular weight excluding hydrogens is 470 g/mol. The van der Waals surface area contributed by atoms with Crippen LogP contribution in [0.2, 0.25) is 0 Å². The van der Waals surface area contributed by atoms with Crippen LogP contribution in [0.4, 0.5) is 5.69 Å². The molecule has 0 atom stereocenters. The van der Waals surface area contributed by atoms with Gasteiger partial charge >= 0.3 is 0 Å². The topological polar surface area (TPSA) is 89.8 Å². The number of benzene rings is 3. The third kappa shape index (κ3) is 5.34. The Balaban J connectivity index is 1.38. The number of pyridine rings is 1. The fraction of sp³-hybridized carbons (Fsp3) is 0.107. The Morgan fingerprint density at radius 3 is 2.39 bits per heavy atom. The molecule has 0 radical (unpaired) electrons. The number of nitrogens with one attached hydrogen (secondary N) is 1. The van der Waals surface area contributed by atoms with Crippen molar-refractivity contribution in [2.24, 2.45) is 0 Å². The number of carbonyl (C=O) groups excluding carboxylic acids is 2. The highest BCUT2D eigenvalue weighted by Crippen LogP contribution is 2.26. The van der Waals surface area contributed by atoms with Gasteiger partial charge in [0.2, 0.25) is 5.91 Å². The number of amides is 1. The molecule has 1 N–H and O–H groups in total. The van der Waals surface area contributed by atoms with E-state index in [-0.39, 0.29) is 17.4 Å². The lowest BCUT2D eigenvalue weighted by molar-refractivity contribution is -0.113. The van der Waals surface area contributed by atoms with E-state index in [0.717, 1.165) is 22.2 Å². The molecule has 36 heavy (non-hydrogen) atoms. The fourth-order valence-electron chi connectivity index (χ4n) is 3.80. The van der Waals surface area contributed by atoms with Gasteiger partial charge in [-0.15, -0.1) is 10.2 Å². The summed E-state index contributed by atoms with van der Waals surface area (Å²) >= 11 is 1.32. The molecule has 5 rings (SSSR count). The summed E-state index contributed by atoms with van der Waals surface area (Å²) in [7, 11) is 0. The molecule has 2 aromatic heterocycles. The molecule has 3 aromatic carbocycles. The first-order chi connectivity index (χ1) is 17.6. The van der Waals surface area contributed by atoms with Gasteiger partial charge in [-0.05, 0) is 48.9 Å². The van der Waals surface area contributed by atoms with Crippen molar-refractivity contribution in [3.8, 4) is 11.5 Å². The maximum atomic E-state index is 12.6. The van der Waals surface area contributed by atoms with Crippen molar-refractivity contribution in [1.29, 1.82) is 0 Å². The molecule has 0 unspecified atom stereocenters. The highest BCUT2D eigenvalue weighted by atomic mass is 32.2. The van der Waals surface area contributed by atoms with E-state index in [9.17, 15) is 9.59 Å². The van der Waals surface area contributed by atoms with Crippen molar-refractivity contribution in [3.63, 3.8) is 0 Å². The molecule has 0 aliphatic carbocycles. The smallest absolute Gasteiger partial charge is 0.234 e. The SMILES string of the molecule is CC(=O)c1ccc(NC(=O)CSc2nnc(-c3ccc4ccccc4n3)n2Cc2ccccc2)cc1. The van der Waals surface area contributed by atoms with Gasteiger partial charge in [-0.3, -0.25) is 14.2 Å². The van der Waals surface area contributed by atoms with Crippen LogP contribution in [0.5, 0.6) is 0 Å². The number of anilines is 1. The van der Waals surface area contributed by atoms with Gasteiger partial charge in [0.25, 0.3) is 0 Å². The molecular formula is C28H23N5O2S. The van der Waals surface area contributed by atoms with Gasteiger partial charge in [0.15, 0.2) is 16.8 Å². The van der Waals surface area contributed by atoms with Gasteiger partial charge in [-0.25, -0.2) is 4.98 Å². The second-order valence-corrected chi connectivity index (χ2v) is 9.18. The van der Waals surface area contributed by atoms with Crippen LogP contribution in [0.1, 0.15) is 22.8 Å². The lowest BCUT2D eigenvalue weighted by Gasteiger charge is -2.11. The van der Waals surface area contributed by atoms with Crippen molar-refractivity contribution in [2.45, 2.75) is 18.6 Å². The van der Waals surface area contributed by atoms with Crippen molar-refractivity contribution in [1.82, 2.24) is 19.7 Å². The van der Waals surface area contributed by atoms with E-state index in [4.69, 9.17) is 4.98 Å². The molecule has 0 aliphatic heterocycles. The zero-order valence-corrected chi connectivity index (χ0v) is 20.4. The summed E-state index contributed by atoms with van der Waals surface area (Å²) < 4.78 is 1.99. The predicted molar refractivity (Wildman–Crippen MR) is 142 cm³/mol. The number of fused-ring (bicyclic) bond motifs is 1. The molecule has 1 amide bonds. The number of carbonyl (C=O) groups is 2. The van der Waals surface area contributed by atoms with Crippen molar-refractivity contribution in [2.75, 3.05) is 11.1 Å². The van der Waals surface area contributed by atoms with Crippen LogP contribution in [0, 0.1) is 0 Å². The number of para-hydroxylation sites is 1. The third-order valence-corrected chi connectivity index (χ3v) is 6.60. The maximum absolute atomic E-state index is 12.6. The lowest BCUT2D eigenvalue weighted by atomic mass is 10.1. The van der Waals surface area contributed by atoms with Gasteiger partial charge in [0.05, 0.1) is 17.8 Å². The van der Waals surface area contributed by atoms with E-state index in [0.29, 0.717) is 28.8 Å². The average Bonchev–Trinajstić information content (AvgIpc) is 3.30. The zero-order chi connectivity index (χ0) is 24.9. The van der Waals surface area contributed by atoms with Crippen LogP contribution in [-0.4, -0.2) is 37.2 Å². The number of hydrogen-bond acceptors (Lipinski definition) is 6. The molecule has 8 heteroatoms. The van der Waals surface area contributed by atoms with Gasteiger partial charge < -0.3 is 5.32 Å². The third-order valence-electron chi connectivity index (χ3n) is 5.64. The molecule has 0 saturated carbocycles. The van der Waals surface area contributed by atoms with Crippen molar-refractivity contribution >= 4 is 40.0 Å². The average molecular weight is 494 g/mol. The van der Waals surface area contributed by atoms with E-state index in [2.05, 4.69) is 15.5 Å². The Morgan fingerprint density at radius 1 is 0.861 bits per heavy atom. The Labute approximate surface area is 212 Å². The Bertz CT molecular complexity index is 1530. The number of nitrogens with zero attached hydrogens (tertiary/aromatic N) is 4. The highest BCUT2D eigenvalue weighted by Gasteiger charge is 2.17. The minimum absolute atomic E-state index is 0.0158. The lowest BCUT2D eigenvalue weighted by Crippen LogP contribution is -2.15. The number of Topliss-reactive ketones (excluding diaryl/α,β-unsaturated/α-hetero) is 1. The zero-order valence-electron chi connectivity index (χ0n) is 19.6. The number of rotatable bonds is 8. The van der Waals surface area contributed by atoms with Gasteiger partial charge in [0.1, 0.15) is 5.69 Å². The normalized spacial score (nSPS) is 10.9. The number of thioether (sulfide) groups is 1. The Hall–Kier alpha value is -4.30. The first kappa shape index (κ1) is 23.4. The van der Waals surface area contributed by atoms with Crippen LogP contribution >= 0.6 is 11.8 Å². The highest BCUT2D eigenvalue weighted by molar-refractivity contribution is 7.99. The number of ketones is 1. The summed E-state index contributed by atoms with van der Waals surface area (Å²) in [6.07, 6.45) is 0. The number of aromatic nitrogens is 4. The van der Waals surface area contributed by atoms with Crippen LogP contribution in [0.25, 0.3) is 22.4 Å². The molecule has 0 bridgehead atoms. The largest absolute Gasteiger partial charge is 0.325 e. The summed E-state index contributed by atoms with van der Waals surface area (Å²) in [5.41, 5.74) is 3.94. The molecule has 0 fully saturated rings. The van der Waals surface area contributed by atoms with Crippen LogP contribution in [0.3, 0.4) is 0 Å². The van der Waals surface area contributed by atoms with Gasteiger partial charge in [-0.2, -0.15) is 0 Å². The maximum Gasteiger partial charge on any atom is 0.234 e. The molecule has 0 saturated heterocycles. The Kier molecular flexibility index (Phi) is 6.86. The minimum Gasteiger partial charge on any atom is -0.325 e. The summed E-state index contributed by atoms with van der Waals surface area (Å²) in [6.45, 7) is 2.06. The first-order valence-corrected chi connectivity index (χ1v) is 12.4. The van der Waals surface area contributed by atoms with E-state index >= 15 is 0 Å². The molecule has 2 heterocycles. The van der Waals surface area contributed by atoms with E-state index in [1.807, 2.05) is 71.3 Å². The van der Waals surface area contributed by atoms with Crippen molar-refractivity contribution in [3.05, 3.63) is 102 Å². The second kappa shape index (κ2) is 10.5. The van der Waals surface area contributed by atoms with Crippen LogP contribution < -0.4 is 5.32 Å². The quantitative estimate of drug-likeness (QED) is 0.228. The van der Waals surface area contributed by atoms with Crippen molar-refractivity contribution < 1.29 is 9.59 Å². The second-order valence-electron chi connectivity index (χ2n) is 8.24. The monoisotopic (exact) mass is 493 g/mol. The standard InChI is InChI=1S/C28H23N5O2S/c1-19(34)21-11-14-23(15-12-21)29-26(35)18-36-28-32-31-27(33(28)17-20-7-3-2-4-8-20)25-16-13-22-9-5-6-10-24(22)30-25/h2-16H,17-18H2,1H3,(H,29,35). The molecule has 178 valence electrons. The van der Waals surface area contributed by atoms with E-state index in [1.165, 1.54) is 18.7 Å². The van der Waals surface area contributed by atoms with E-state index < -0.39 is 0 Å². The van der Waals surface area contributed by atoms with Gasteiger partial charge in [-0.1, -0.05) is 66.4 Å². The number of hydrogen-bond donors (Lipinski definition) is 1. The summed E-state index contributed by atoms with van der Waals surface area (Å²) in [5.74, 6) is 0.618. The van der Waals surface area contributed by atoms with Crippen LogP contribution in [-0.2, 0) is 11.3 Å². The van der Waals surface area contributed by atoms with Gasteiger partial charge in [0, 0.05) is 16.6 Å². The van der Waals surface area contributed by atoms with Crippen LogP contribution in [0.15, 0.2) is 96.2 Å². The molecule has 0 spiro atoms. The molecule has 5 aromatic rings. The summed E-state index contributed by atoms with van der Waals surface area (Å²) in [4.78, 5) is 28.9. The fourth-order valence-corrected chi connectivity index (χ4v) is 4.54. The predicted octanol–water partition coefficient (Wildman–Crippen LogP) is 5.48. The minimum atomic E-state index is -0.171. The Morgan fingerprint density at radius 2 is 1.61 bits per heavy atom. The summed E-state index contributed by atoms with van der Waals surface area (Å²) in [5, 5.41) is 13.4. The first-order valence-electron chi connectivity index (χ1n) is 11.4.